The molecular weight excluding hydrogens is 330 g/mol. The molecule has 19 heavy (non-hydrogen) atoms. The van der Waals surface area contributed by atoms with Crippen molar-refractivity contribution in [1.29, 1.82) is 5.26 Å². The van der Waals surface area contributed by atoms with Gasteiger partial charge in [-0.3, -0.25) is 0 Å². The molecule has 0 unspecified atom stereocenters. The van der Waals surface area contributed by atoms with E-state index in [1.807, 2.05) is 0 Å². The van der Waals surface area contributed by atoms with Gasteiger partial charge in [-0.05, 0) is 12.1 Å². The van der Waals surface area contributed by atoms with E-state index >= 15 is 0 Å². The summed E-state index contributed by atoms with van der Waals surface area (Å²) in [6, 6.07) is 3.19. The van der Waals surface area contributed by atoms with Crippen LogP contribution in [0.5, 0.6) is 5.75 Å². The van der Waals surface area contributed by atoms with E-state index in [1.165, 1.54) is 6.07 Å². The molecule has 0 aliphatic heterocycles. The number of ether oxygens (including phenoxy) is 1. The fraction of sp³-hybridized carbons (Fsp3) is 0.222. The summed E-state index contributed by atoms with van der Waals surface area (Å²) in [7, 11) is 0.757. The number of rotatable bonds is 3. The first-order chi connectivity index (χ1) is 8.60. The molecule has 0 heterocycles. The fourth-order valence-corrected chi connectivity index (χ4v) is 2.75. The van der Waals surface area contributed by atoms with Crippen molar-refractivity contribution in [2.24, 2.45) is 0 Å². The van der Waals surface area contributed by atoms with E-state index < -0.39 is 43.1 Å². The van der Waals surface area contributed by atoms with Crippen molar-refractivity contribution in [2.45, 2.75) is 17.1 Å². The first-order valence-electron chi connectivity index (χ1n) is 4.42. The van der Waals surface area contributed by atoms with E-state index in [1.54, 1.807) is 0 Å². The van der Waals surface area contributed by atoms with Gasteiger partial charge in [0, 0.05) is 16.2 Å². The summed E-state index contributed by atoms with van der Waals surface area (Å²) in [6.45, 7) is 0. The predicted octanol–water partition coefficient (Wildman–Crippen LogP) is 3.12. The summed E-state index contributed by atoms with van der Waals surface area (Å²) in [4.78, 5) is -0.637. The van der Waals surface area contributed by atoms with E-state index in [0.717, 1.165) is 12.1 Å². The number of hydrogen-bond acceptors (Lipinski definition) is 4. The van der Waals surface area contributed by atoms with E-state index in [0.29, 0.717) is 0 Å². The third-order valence-electron chi connectivity index (χ3n) is 1.95. The maximum absolute atomic E-state index is 12.2. The molecule has 0 N–H and O–H groups in total. The molecule has 0 fully saturated rings. The Morgan fingerprint density at radius 3 is 2.32 bits per heavy atom. The number of hydrogen-bond donors (Lipinski definition) is 0. The molecule has 1 aromatic carbocycles. The van der Waals surface area contributed by atoms with Crippen molar-refractivity contribution in [1.82, 2.24) is 0 Å². The van der Waals surface area contributed by atoms with Gasteiger partial charge in [0.1, 0.15) is 6.07 Å². The summed E-state index contributed by atoms with van der Waals surface area (Å²) in [5, 5.41) is 8.71. The monoisotopic (exact) mass is 333 g/mol. The molecule has 10 heteroatoms. The van der Waals surface area contributed by atoms with Gasteiger partial charge in [-0.15, -0.1) is 24.8 Å². The second-order valence-electron chi connectivity index (χ2n) is 3.15. The average Bonchev–Trinajstić information content (AvgIpc) is 2.25. The van der Waals surface area contributed by atoms with Crippen LogP contribution in [0.15, 0.2) is 17.0 Å². The van der Waals surface area contributed by atoms with Crippen molar-refractivity contribution in [3.8, 4) is 11.8 Å². The van der Waals surface area contributed by atoms with E-state index in [9.17, 15) is 21.6 Å². The molecule has 1 aromatic rings. The number of alkyl halides is 4. The van der Waals surface area contributed by atoms with Crippen LogP contribution < -0.4 is 4.74 Å². The van der Waals surface area contributed by atoms with Crippen molar-refractivity contribution in [2.75, 3.05) is 0 Å². The Labute approximate surface area is 115 Å². The Balaban J connectivity index is 3.62. The van der Waals surface area contributed by atoms with Gasteiger partial charge in [0.15, 0.2) is 5.75 Å². The van der Waals surface area contributed by atoms with E-state index in [2.05, 4.69) is 4.74 Å². The van der Waals surface area contributed by atoms with Crippen LogP contribution in [-0.2, 0) is 14.9 Å². The van der Waals surface area contributed by atoms with Gasteiger partial charge in [-0.25, -0.2) is 8.42 Å². The molecule has 1 rings (SSSR count). The molecule has 0 saturated heterocycles. The van der Waals surface area contributed by atoms with Crippen LogP contribution >= 0.6 is 22.3 Å². The third-order valence-corrected chi connectivity index (χ3v) is 3.63. The largest absolute Gasteiger partial charge is 0.573 e. The second kappa shape index (κ2) is 5.45. The van der Waals surface area contributed by atoms with E-state index in [-0.39, 0.29) is 0 Å². The Kier molecular flexibility index (Phi) is 4.55. The molecule has 0 radical (unpaired) electrons. The van der Waals surface area contributed by atoms with E-state index in [4.69, 9.17) is 27.5 Å². The second-order valence-corrected chi connectivity index (χ2v) is 5.95. The van der Waals surface area contributed by atoms with Crippen LogP contribution in [-0.4, -0.2) is 14.8 Å². The Morgan fingerprint density at radius 1 is 1.37 bits per heavy atom. The van der Waals surface area contributed by atoms with Crippen molar-refractivity contribution in [3.63, 3.8) is 0 Å². The molecule has 104 valence electrons. The highest BCUT2D eigenvalue weighted by atomic mass is 35.7. The van der Waals surface area contributed by atoms with Crippen LogP contribution in [0.1, 0.15) is 11.1 Å². The van der Waals surface area contributed by atoms with Gasteiger partial charge >= 0.3 is 6.36 Å². The quantitative estimate of drug-likeness (QED) is 0.629. The summed E-state index contributed by atoms with van der Waals surface area (Å²) < 4.78 is 62.8. The molecule has 0 spiro atoms. The highest BCUT2D eigenvalue weighted by molar-refractivity contribution is 8.13. The van der Waals surface area contributed by atoms with Gasteiger partial charge < -0.3 is 4.74 Å². The lowest BCUT2D eigenvalue weighted by Crippen LogP contribution is -2.19. The highest BCUT2D eigenvalue weighted by Gasteiger charge is 2.35. The molecule has 0 atom stereocenters. The Morgan fingerprint density at radius 2 is 1.95 bits per heavy atom. The highest BCUT2D eigenvalue weighted by Crippen LogP contribution is 2.36. The number of halogens is 5. The molecule has 4 nitrogen and oxygen atoms in total. The normalized spacial score (nSPS) is 12.0. The molecule has 0 amide bonds. The fourth-order valence-electron chi connectivity index (χ4n) is 1.29. The van der Waals surface area contributed by atoms with Crippen LogP contribution in [0.3, 0.4) is 0 Å². The average molecular weight is 334 g/mol. The number of benzene rings is 1. The van der Waals surface area contributed by atoms with Gasteiger partial charge in [0.05, 0.1) is 16.3 Å². The summed E-state index contributed by atoms with van der Waals surface area (Å²) in [5.74, 6) is -1.59. The topological polar surface area (TPSA) is 67.2 Å². The van der Waals surface area contributed by atoms with Gasteiger partial charge in [-0.2, -0.15) is 5.26 Å². The number of nitriles is 1. The maximum atomic E-state index is 12.2. The van der Waals surface area contributed by atoms with Crippen LogP contribution in [0.25, 0.3) is 0 Å². The summed E-state index contributed by atoms with van der Waals surface area (Å²) in [5.41, 5.74) is -1.02. The molecule has 0 aliphatic rings. The SMILES string of the molecule is N#Cc1ccc(S(=O)(=O)Cl)c(CCl)c1OC(F)(F)F. The van der Waals surface area contributed by atoms with Crippen LogP contribution in [0.2, 0.25) is 0 Å². The molecular formula is C9H4Cl2F3NO3S. The zero-order valence-corrected chi connectivity index (χ0v) is 11.2. The van der Waals surface area contributed by atoms with Crippen molar-refractivity contribution < 1.29 is 26.3 Å². The molecule has 0 aliphatic carbocycles. The van der Waals surface area contributed by atoms with Crippen LogP contribution in [0.4, 0.5) is 13.2 Å². The number of nitrogens with zero attached hydrogens (tertiary/aromatic N) is 1. The summed E-state index contributed by atoms with van der Waals surface area (Å²) >= 11 is 5.42. The van der Waals surface area contributed by atoms with Crippen LogP contribution in [0, 0.1) is 11.3 Å². The summed E-state index contributed by atoms with van der Waals surface area (Å²) in [6.07, 6.45) is -5.10. The van der Waals surface area contributed by atoms with Gasteiger partial charge in [-0.1, -0.05) is 0 Å². The predicted molar refractivity (Wildman–Crippen MR) is 60.4 cm³/mol. The lowest BCUT2D eigenvalue weighted by atomic mass is 10.1. The smallest absolute Gasteiger partial charge is 0.404 e. The Hall–Kier alpha value is -1.17. The molecule has 0 bridgehead atoms. The van der Waals surface area contributed by atoms with Gasteiger partial charge in [0.2, 0.25) is 0 Å². The maximum Gasteiger partial charge on any atom is 0.573 e. The lowest BCUT2D eigenvalue weighted by molar-refractivity contribution is -0.275. The van der Waals surface area contributed by atoms with Crippen molar-refractivity contribution >= 4 is 31.3 Å². The zero-order chi connectivity index (χ0) is 14.8. The van der Waals surface area contributed by atoms with Gasteiger partial charge in [0.25, 0.3) is 9.05 Å². The molecule has 0 aromatic heterocycles. The van der Waals surface area contributed by atoms with Crippen molar-refractivity contribution in [3.05, 3.63) is 23.3 Å². The lowest BCUT2D eigenvalue weighted by Gasteiger charge is -2.15. The molecule has 0 saturated carbocycles. The standard InChI is InChI=1S/C9H4Cl2F3NO3S/c10-3-6-7(19(11,16)17)2-1-5(4-15)8(6)18-9(12,13)14/h1-2H,3H2. The minimum Gasteiger partial charge on any atom is -0.404 e. The third kappa shape index (κ3) is 3.89. The zero-order valence-electron chi connectivity index (χ0n) is 8.83. The first kappa shape index (κ1) is 15.9. The Bertz CT molecular complexity index is 637. The minimum absolute atomic E-state index is 0.503. The minimum atomic E-state index is -5.10. The first-order valence-corrected chi connectivity index (χ1v) is 7.27.